The Morgan fingerprint density at radius 2 is 1.96 bits per heavy atom. The third-order valence-electron chi connectivity index (χ3n) is 4.84. The monoisotopic (exact) mass is 422 g/mol. The van der Waals surface area contributed by atoms with Gasteiger partial charge in [-0.3, -0.25) is 0 Å². The van der Waals surface area contributed by atoms with Crippen LogP contribution in [0.2, 0.25) is 5.02 Å². The van der Waals surface area contributed by atoms with Crippen molar-refractivity contribution in [3.05, 3.63) is 62.8 Å². The summed E-state index contributed by atoms with van der Waals surface area (Å²) < 4.78 is 1.12. The summed E-state index contributed by atoms with van der Waals surface area (Å²) in [6.07, 6.45) is 11.3. The average Bonchev–Trinajstić information content (AvgIpc) is 2.78. The lowest BCUT2D eigenvalue weighted by Crippen LogP contribution is -2.31. The summed E-state index contributed by atoms with van der Waals surface area (Å²) >= 11 is 9.98. The Balaban J connectivity index is 0.00000109. The van der Waals surface area contributed by atoms with Gasteiger partial charge in [-0.1, -0.05) is 53.5 Å². The van der Waals surface area contributed by atoms with E-state index in [2.05, 4.69) is 45.5 Å². The lowest BCUT2D eigenvalue weighted by atomic mass is 9.76. The first-order chi connectivity index (χ1) is 12.2. The molecule has 0 spiro atoms. The molecule has 3 rings (SSSR count). The predicted molar refractivity (Wildman–Crippen MR) is 114 cm³/mol. The molecule has 1 aliphatic carbocycles. The first-order valence-corrected chi connectivity index (χ1v) is 10.3. The summed E-state index contributed by atoms with van der Waals surface area (Å²) in [5, 5.41) is 4.26. The molecule has 0 aromatic heterocycles. The molecule has 1 aliphatic heterocycles. The van der Waals surface area contributed by atoms with Gasteiger partial charge in [0.2, 0.25) is 0 Å². The molecule has 0 radical (unpaired) electrons. The number of halogens is 2. The second kappa shape index (κ2) is 10.2. The molecule has 0 saturated carbocycles. The summed E-state index contributed by atoms with van der Waals surface area (Å²) in [4.78, 5) is 0. The van der Waals surface area contributed by atoms with E-state index in [1.165, 1.54) is 29.5 Å². The number of hydrogen-bond donors (Lipinski definition) is 2. The van der Waals surface area contributed by atoms with Gasteiger partial charge in [-0.05, 0) is 91.4 Å². The fourth-order valence-electron chi connectivity index (χ4n) is 3.67. The Hall–Kier alpha value is -1.03. The van der Waals surface area contributed by atoms with Gasteiger partial charge in [0.1, 0.15) is 0 Å². The Bertz CT molecular complexity index is 658. The van der Waals surface area contributed by atoms with E-state index in [0.29, 0.717) is 11.8 Å². The molecule has 1 aromatic rings. The number of benzene rings is 1. The van der Waals surface area contributed by atoms with Gasteiger partial charge in [0.25, 0.3) is 0 Å². The standard InChI is InChI=1S/C19H22BrClN2.C2H6/c20-19-12-15-10-16(21)3-4-17(15)18(11-14(19)2-1-7-22)13-5-8-23-9-6-13;1-2/h1-4,7,10,12-13,18,23H,5-6,8-9,11,22H2;1-2H3/b7-1-,14-2+;. The lowest BCUT2D eigenvalue weighted by molar-refractivity contribution is 0.316. The van der Waals surface area contributed by atoms with Crippen molar-refractivity contribution in [2.75, 3.05) is 13.1 Å². The maximum atomic E-state index is 6.23. The Kier molecular flexibility index (Phi) is 8.28. The van der Waals surface area contributed by atoms with Gasteiger partial charge in [-0.15, -0.1) is 0 Å². The first kappa shape index (κ1) is 20.3. The summed E-state index contributed by atoms with van der Waals surface area (Å²) in [5.41, 5.74) is 9.46. The normalized spacial score (nSPS) is 22.8. The summed E-state index contributed by atoms with van der Waals surface area (Å²) in [5.74, 6) is 1.22. The number of piperidine rings is 1. The highest BCUT2D eigenvalue weighted by atomic mass is 79.9. The van der Waals surface area contributed by atoms with Crippen LogP contribution in [0.25, 0.3) is 6.08 Å². The number of hydrogen-bond acceptors (Lipinski definition) is 2. The molecule has 3 N–H and O–H groups in total. The summed E-state index contributed by atoms with van der Waals surface area (Å²) in [6.45, 7) is 6.22. The van der Waals surface area contributed by atoms with E-state index in [9.17, 15) is 0 Å². The van der Waals surface area contributed by atoms with E-state index in [1.807, 2.05) is 26.0 Å². The van der Waals surface area contributed by atoms with Crippen molar-refractivity contribution in [1.29, 1.82) is 0 Å². The van der Waals surface area contributed by atoms with Crippen molar-refractivity contribution in [3.8, 4) is 0 Å². The minimum Gasteiger partial charge on any atom is -0.405 e. The van der Waals surface area contributed by atoms with Crippen LogP contribution in [0.4, 0.5) is 0 Å². The molecule has 2 aliphatic rings. The molecule has 25 heavy (non-hydrogen) atoms. The second-order valence-corrected chi connectivity index (χ2v) is 7.53. The molecule has 136 valence electrons. The van der Waals surface area contributed by atoms with Crippen molar-refractivity contribution in [2.24, 2.45) is 11.7 Å². The van der Waals surface area contributed by atoms with Gasteiger partial charge in [0.05, 0.1) is 0 Å². The molecule has 1 aromatic carbocycles. The molecular formula is C21H28BrClN2. The van der Waals surface area contributed by atoms with Crippen molar-refractivity contribution < 1.29 is 0 Å². The van der Waals surface area contributed by atoms with Gasteiger partial charge in [-0.25, -0.2) is 0 Å². The van der Waals surface area contributed by atoms with Crippen LogP contribution in [-0.4, -0.2) is 13.1 Å². The van der Waals surface area contributed by atoms with Crippen LogP contribution in [0, 0.1) is 5.92 Å². The highest BCUT2D eigenvalue weighted by Crippen LogP contribution is 2.44. The van der Waals surface area contributed by atoms with Crippen LogP contribution in [-0.2, 0) is 0 Å². The van der Waals surface area contributed by atoms with Crippen LogP contribution < -0.4 is 11.1 Å². The molecule has 2 nitrogen and oxygen atoms in total. The van der Waals surface area contributed by atoms with Gasteiger partial charge >= 0.3 is 0 Å². The van der Waals surface area contributed by atoms with Crippen LogP contribution in [0.1, 0.15) is 50.2 Å². The van der Waals surface area contributed by atoms with E-state index in [0.717, 1.165) is 29.0 Å². The average molecular weight is 424 g/mol. The molecule has 4 heteroatoms. The van der Waals surface area contributed by atoms with E-state index < -0.39 is 0 Å². The first-order valence-electron chi connectivity index (χ1n) is 9.14. The van der Waals surface area contributed by atoms with Gasteiger partial charge in [0.15, 0.2) is 0 Å². The molecule has 0 amide bonds. The molecule has 1 heterocycles. The SMILES string of the molecule is CC.N/C=C\C=C1/CC(C2CCNCC2)c2ccc(Cl)cc2C=C1Br. The zero-order valence-electron chi connectivity index (χ0n) is 15.1. The summed E-state index contributed by atoms with van der Waals surface area (Å²) in [7, 11) is 0. The number of rotatable bonds is 2. The predicted octanol–water partition coefficient (Wildman–Crippen LogP) is 5.99. The number of fused-ring (bicyclic) bond motifs is 1. The molecule has 1 unspecified atom stereocenters. The van der Waals surface area contributed by atoms with Crippen molar-refractivity contribution in [2.45, 2.75) is 39.0 Å². The maximum Gasteiger partial charge on any atom is 0.0412 e. The van der Waals surface area contributed by atoms with E-state index in [1.54, 1.807) is 6.20 Å². The lowest BCUT2D eigenvalue weighted by Gasteiger charge is -2.31. The van der Waals surface area contributed by atoms with Crippen LogP contribution in [0.3, 0.4) is 0 Å². The fraction of sp³-hybridized carbons (Fsp3) is 0.429. The Morgan fingerprint density at radius 1 is 1.24 bits per heavy atom. The van der Waals surface area contributed by atoms with Crippen LogP contribution in [0.15, 0.2) is 46.6 Å². The third-order valence-corrected chi connectivity index (χ3v) is 5.81. The van der Waals surface area contributed by atoms with Gasteiger partial charge in [0, 0.05) is 9.51 Å². The number of nitrogens with one attached hydrogen (secondary N) is 1. The van der Waals surface area contributed by atoms with E-state index in [4.69, 9.17) is 17.3 Å². The topological polar surface area (TPSA) is 38.0 Å². The fourth-order valence-corrected chi connectivity index (χ4v) is 4.39. The smallest absolute Gasteiger partial charge is 0.0412 e. The largest absolute Gasteiger partial charge is 0.405 e. The molecule has 1 fully saturated rings. The number of allylic oxidation sites excluding steroid dienone is 4. The minimum absolute atomic E-state index is 0.521. The third kappa shape index (κ3) is 5.22. The Labute approximate surface area is 165 Å². The summed E-state index contributed by atoms with van der Waals surface area (Å²) in [6, 6.07) is 6.31. The molecular weight excluding hydrogens is 396 g/mol. The van der Waals surface area contributed by atoms with Crippen molar-refractivity contribution in [3.63, 3.8) is 0 Å². The zero-order valence-corrected chi connectivity index (χ0v) is 17.4. The highest BCUT2D eigenvalue weighted by Gasteiger charge is 2.29. The van der Waals surface area contributed by atoms with Crippen LogP contribution >= 0.6 is 27.5 Å². The maximum absolute atomic E-state index is 6.23. The zero-order chi connectivity index (χ0) is 18.2. The molecule has 0 bridgehead atoms. The van der Waals surface area contributed by atoms with Crippen LogP contribution in [0.5, 0.6) is 0 Å². The quantitative estimate of drug-likeness (QED) is 0.613. The van der Waals surface area contributed by atoms with E-state index >= 15 is 0 Å². The van der Waals surface area contributed by atoms with Crippen molar-refractivity contribution in [1.82, 2.24) is 5.32 Å². The minimum atomic E-state index is 0.521. The number of nitrogens with two attached hydrogens (primary N) is 1. The second-order valence-electron chi connectivity index (χ2n) is 6.24. The van der Waals surface area contributed by atoms with E-state index in [-0.39, 0.29) is 0 Å². The van der Waals surface area contributed by atoms with Gasteiger partial charge < -0.3 is 11.1 Å². The van der Waals surface area contributed by atoms with Crippen molar-refractivity contribution >= 4 is 33.6 Å². The Morgan fingerprint density at radius 3 is 2.64 bits per heavy atom. The molecule has 1 atom stereocenters. The molecule has 1 saturated heterocycles. The van der Waals surface area contributed by atoms with Gasteiger partial charge in [-0.2, -0.15) is 0 Å². The highest BCUT2D eigenvalue weighted by molar-refractivity contribution is 9.12.